The van der Waals surface area contributed by atoms with Gasteiger partial charge in [0, 0.05) is 25.0 Å². The lowest BCUT2D eigenvalue weighted by atomic mass is 9.99. The number of hydrogen-bond donors (Lipinski definition) is 0. The van der Waals surface area contributed by atoms with Crippen LogP contribution in [-0.2, 0) is 0 Å². The first-order valence-electron chi connectivity index (χ1n) is 6.83. The van der Waals surface area contributed by atoms with Crippen LogP contribution in [0, 0.1) is 5.92 Å². The molecule has 1 unspecified atom stereocenters. The predicted octanol–water partition coefficient (Wildman–Crippen LogP) is 3.08. The first kappa shape index (κ1) is 13.1. The fourth-order valence-corrected chi connectivity index (χ4v) is 2.43. The SMILES string of the molecule is CC1CCCN(C(=O)c2ccc(C(C)C)nc2)C1. The van der Waals surface area contributed by atoms with Gasteiger partial charge >= 0.3 is 0 Å². The van der Waals surface area contributed by atoms with E-state index >= 15 is 0 Å². The van der Waals surface area contributed by atoms with Crippen molar-refractivity contribution in [2.75, 3.05) is 13.1 Å². The molecule has 1 aliphatic rings. The monoisotopic (exact) mass is 246 g/mol. The molecule has 3 heteroatoms. The minimum absolute atomic E-state index is 0.129. The average Bonchev–Trinajstić information content (AvgIpc) is 2.38. The van der Waals surface area contributed by atoms with Crippen LogP contribution in [0.3, 0.4) is 0 Å². The van der Waals surface area contributed by atoms with E-state index < -0.39 is 0 Å². The quantitative estimate of drug-likeness (QED) is 0.803. The van der Waals surface area contributed by atoms with Gasteiger partial charge in [-0.2, -0.15) is 0 Å². The largest absolute Gasteiger partial charge is 0.338 e. The summed E-state index contributed by atoms with van der Waals surface area (Å²) in [5.41, 5.74) is 1.76. The maximum atomic E-state index is 12.3. The number of likely N-dealkylation sites (tertiary alicyclic amines) is 1. The molecule has 1 fully saturated rings. The van der Waals surface area contributed by atoms with Crippen LogP contribution in [0.5, 0.6) is 0 Å². The van der Waals surface area contributed by atoms with E-state index in [0.717, 1.165) is 25.2 Å². The molecule has 1 aromatic heterocycles. The van der Waals surface area contributed by atoms with Gasteiger partial charge in [-0.3, -0.25) is 9.78 Å². The van der Waals surface area contributed by atoms with Gasteiger partial charge in [-0.15, -0.1) is 0 Å². The molecule has 1 amide bonds. The number of hydrogen-bond acceptors (Lipinski definition) is 2. The standard InChI is InChI=1S/C15H22N2O/c1-11(2)14-7-6-13(9-16-14)15(18)17-8-4-5-12(3)10-17/h6-7,9,11-12H,4-5,8,10H2,1-3H3. The van der Waals surface area contributed by atoms with Gasteiger partial charge in [0.2, 0.25) is 0 Å². The molecule has 1 atom stereocenters. The third-order valence-electron chi connectivity index (χ3n) is 3.57. The lowest BCUT2D eigenvalue weighted by molar-refractivity contribution is 0.0682. The Morgan fingerprint density at radius 2 is 2.22 bits per heavy atom. The summed E-state index contributed by atoms with van der Waals surface area (Å²) in [4.78, 5) is 18.6. The maximum Gasteiger partial charge on any atom is 0.255 e. The Balaban J connectivity index is 2.08. The van der Waals surface area contributed by atoms with Gasteiger partial charge in [-0.05, 0) is 36.8 Å². The minimum Gasteiger partial charge on any atom is -0.338 e. The van der Waals surface area contributed by atoms with Crippen molar-refractivity contribution in [3.8, 4) is 0 Å². The number of aromatic nitrogens is 1. The molecule has 3 nitrogen and oxygen atoms in total. The molecule has 1 aliphatic heterocycles. The number of nitrogens with zero attached hydrogens (tertiary/aromatic N) is 2. The van der Waals surface area contributed by atoms with Gasteiger partial charge in [0.05, 0.1) is 5.56 Å². The topological polar surface area (TPSA) is 33.2 Å². The number of carbonyl (C=O) groups is 1. The highest BCUT2D eigenvalue weighted by atomic mass is 16.2. The summed E-state index contributed by atoms with van der Waals surface area (Å²) in [6.07, 6.45) is 4.07. The first-order chi connectivity index (χ1) is 8.58. The summed E-state index contributed by atoms with van der Waals surface area (Å²) in [6.45, 7) is 8.19. The lowest BCUT2D eigenvalue weighted by Crippen LogP contribution is -2.39. The number of pyridine rings is 1. The summed E-state index contributed by atoms with van der Waals surface area (Å²) < 4.78 is 0. The molecule has 98 valence electrons. The second-order valence-corrected chi connectivity index (χ2v) is 5.63. The van der Waals surface area contributed by atoms with Gasteiger partial charge in [0.1, 0.15) is 0 Å². The van der Waals surface area contributed by atoms with E-state index in [2.05, 4.69) is 25.8 Å². The van der Waals surface area contributed by atoms with Crippen molar-refractivity contribution < 1.29 is 4.79 Å². The van der Waals surface area contributed by atoms with E-state index in [1.807, 2.05) is 17.0 Å². The van der Waals surface area contributed by atoms with Crippen molar-refractivity contribution in [1.82, 2.24) is 9.88 Å². The molecule has 0 aromatic carbocycles. The van der Waals surface area contributed by atoms with E-state index in [-0.39, 0.29) is 5.91 Å². The second-order valence-electron chi connectivity index (χ2n) is 5.63. The van der Waals surface area contributed by atoms with Gasteiger partial charge in [-0.25, -0.2) is 0 Å². The summed E-state index contributed by atoms with van der Waals surface area (Å²) in [5.74, 6) is 1.15. The summed E-state index contributed by atoms with van der Waals surface area (Å²) >= 11 is 0. The van der Waals surface area contributed by atoms with E-state index in [1.165, 1.54) is 6.42 Å². The molecule has 1 saturated heterocycles. The van der Waals surface area contributed by atoms with Gasteiger partial charge in [0.25, 0.3) is 5.91 Å². The summed E-state index contributed by atoms with van der Waals surface area (Å²) in [7, 11) is 0. The third-order valence-corrected chi connectivity index (χ3v) is 3.57. The molecule has 0 saturated carbocycles. The number of piperidine rings is 1. The Labute approximate surface area is 109 Å². The molecule has 0 bridgehead atoms. The fraction of sp³-hybridized carbons (Fsp3) is 0.600. The van der Waals surface area contributed by atoms with Gasteiger partial charge in [0.15, 0.2) is 0 Å². The third kappa shape index (κ3) is 2.89. The molecule has 0 spiro atoms. The molecule has 18 heavy (non-hydrogen) atoms. The maximum absolute atomic E-state index is 12.3. The Morgan fingerprint density at radius 1 is 1.44 bits per heavy atom. The fourth-order valence-electron chi connectivity index (χ4n) is 2.43. The van der Waals surface area contributed by atoms with E-state index in [1.54, 1.807) is 6.20 Å². The molecule has 2 heterocycles. The van der Waals surface area contributed by atoms with Crippen LogP contribution in [0.2, 0.25) is 0 Å². The van der Waals surface area contributed by atoms with Gasteiger partial charge in [-0.1, -0.05) is 20.8 Å². The normalized spacial score (nSPS) is 20.2. The van der Waals surface area contributed by atoms with Crippen LogP contribution in [0.1, 0.15) is 55.6 Å². The van der Waals surface area contributed by atoms with Crippen molar-refractivity contribution in [3.05, 3.63) is 29.6 Å². The van der Waals surface area contributed by atoms with Crippen molar-refractivity contribution in [2.45, 2.75) is 39.5 Å². The molecular formula is C15H22N2O. The average molecular weight is 246 g/mol. The van der Waals surface area contributed by atoms with E-state index in [9.17, 15) is 4.79 Å². The Morgan fingerprint density at radius 3 is 2.78 bits per heavy atom. The van der Waals surface area contributed by atoms with Crippen molar-refractivity contribution in [1.29, 1.82) is 0 Å². The summed E-state index contributed by atoms with van der Waals surface area (Å²) in [5, 5.41) is 0. The second kappa shape index (κ2) is 5.51. The van der Waals surface area contributed by atoms with E-state index in [4.69, 9.17) is 0 Å². The van der Waals surface area contributed by atoms with Crippen molar-refractivity contribution >= 4 is 5.91 Å². The molecule has 0 N–H and O–H groups in total. The smallest absolute Gasteiger partial charge is 0.255 e. The van der Waals surface area contributed by atoms with Crippen LogP contribution >= 0.6 is 0 Å². The van der Waals surface area contributed by atoms with Crippen LogP contribution in [0.15, 0.2) is 18.3 Å². The highest BCUT2D eigenvalue weighted by Crippen LogP contribution is 2.18. The van der Waals surface area contributed by atoms with Crippen LogP contribution < -0.4 is 0 Å². The van der Waals surface area contributed by atoms with Gasteiger partial charge < -0.3 is 4.90 Å². The summed E-state index contributed by atoms with van der Waals surface area (Å²) in [6, 6.07) is 3.87. The zero-order valence-electron chi connectivity index (χ0n) is 11.5. The van der Waals surface area contributed by atoms with E-state index in [0.29, 0.717) is 17.4 Å². The molecule has 0 aliphatic carbocycles. The highest BCUT2D eigenvalue weighted by Gasteiger charge is 2.22. The molecular weight excluding hydrogens is 224 g/mol. The van der Waals surface area contributed by atoms with Crippen molar-refractivity contribution in [3.63, 3.8) is 0 Å². The Kier molecular flexibility index (Phi) is 4.00. The van der Waals surface area contributed by atoms with Crippen LogP contribution in [0.4, 0.5) is 0 Å². The number of carbonyl (C=O) groups excluding carboxylic acids is 1. The number of rotatable bonds is 2. The Bertz CT molecular complexity index is 411. The molecule has 0 radical (unpaired) electrons. The molecule has 1 aromatic rings. The number of amides is 1. The zero-order chi connectivity index (χ0) is 13.1. The van der Waals surface area contributed by atoms with Crippen LogP contribution in [-0.4, -0.2) is 28.9 Å². The predicted molar refractivity (Wildman–Crippen MR) is 72.6 cm³/mol. The highest BCUT2D eigenvalue weighted by molar-refractivity contribution is 5.94. The lowest BCUT2D eigenvalue weighted by Gasteiger charge is -2.30. The van der Waals surface area contributed by atoms with Crippen LogP contribution in [0.25, 0.3) is 0 Å². The minimum atomic E-state index is 0.129. The first-order valence-corrected chi connectivity index (χ1v) is 6.83. The zero-order valence-corrected chi connectivity index (χ0v) is 11.5. The molecule has 2 rings (SSSR count). The Hall–Kier alpha value is -1.38. The van der Waals surface area contributed by atoms with Crippen molar-refractivity contribution in [2.24, 2.45) is 5.92 Å².